The summed E-state index contributed by atoms with van der Waals surface area (Å²) in [5, 5.41) is 11.9. The van der Waals surface area contributed by atoms with Crippen molar-refractivity contribution in [2.75, 3.05) is 5.32 Å². The summed E-state index contributed by atoms with van der Waals surface area (Å²) < 4.78 is 0.619. The van der Waals surface area contributed by atoms with Gasteiger partial charge in [0.25, 0.3) is 5.91 Å². The van der Waals surface area contributed by atoms with Gasteiger partial charge in [-0.05, 0) is 55.3 Å². The zero-order valence-electron chi connectivity index (χ0n) is 11.6. The van der Waals surface area contributed by atoms with E-state index in [4.69, 9.17) is 16.9 Å². The number of thiophene rings is 1. The molecule has 2 rings (SSSR count). The fourth-order valence-electron chi connectivity index (χ4n) is 1.94. The minimum Gasteiger partial charge on any atom is -0.321 e. The molecule has 0 aliphatic rings. The van der Waals surface area contributed by atoms with Crippen molar-refractivity contribution in [3.8, 4) is 6.07 Å². The average molecular weight is 317 g/mol. The SMILES string of the molecule is Cc1cc(C)cc(NC(=O)/C(C#N)=C\c2ccc(Cl)s2)c1. The Labute approximate surface area is 132 Å². The molecule has 0 saturated carbocycles. The quantitative estimate of drug-likeness (QED) is 0.666. The van der Waals surface area contributed by atoms with E-state index >= 15 is 0 Å². The molecule has 5 heteroatoms. The van der Waals surface area contributed by atoms with Crippen molar-refractivity contribution in [2.24, 2.45) is 0 Å². The summed E-state index contributed by atoms with van der Waals surface area (Å²) in [5.41, 5.74) is 2.84. The number of hydrogen-bond acceptors (Lipinski definition) is 3. The Balaban J connectivity index is 2.21. The van der Waals surface area contributed by atoms with E-state index in [-0.39, 0.29) is 5.57 Å². The van der Waals surface area contributed by atoms with Gasteiger partial charge in [0.05, 0.1) is 4.34 Å². The van der Waals surface area contributed by atoms with E-state index in [2.05, 4.69) is 5.32 Å². The normalized spacial score (nSPS) is 11.0. The van der Waals surface area contributed by atoms with Gasteiger partial charge in [0.2, 0.25) is 0 Å². The van der Waals surface area contributed by atoms with Crippen molar-refractivity contribution in [3.05, 3.63) is 56.2 Å². The van der Waals surface area contributed by atoms with E-state index in [0.717, 1.165) is 16.0 Å². The number of amides is 1. The highest BCUT2D eigenvalue weighted by molar-refractivity contribution is 7.17. The summed E-state index contributed by atoms with van der Waals surface area (Å²) in [7, 11) is 0. The molecule has 0 bridgehead atoms. The molecule has 21 heavy (non-hydrogen) atoms. The number of nitriles is 1. The van der Waals surface area contributed by atoms with Crippen LogP contribution in [0.1, 0.15) is 16.0 Å². The van der Waals surface area contributed by atoms with Crippen molar-refractivity contribution in [1.29, 1.82) is 5.26 Å². The summed E-state index contributed by atoms with van der Waals surface area (Å²) in [6, 6.07) is 11.2. The highest BCUT2D eigenvalue weighted by Gasteiger charge is 2.10. The predicted molar refractivity (Wildman–Crippen MR) is 87.5 cm³/mol. The zero-order chi connectivity index (χ0) is 15.4. The van der Waals surface area contributed by atoms with Crippen molar-refractivity contribution >= 4 is 40.6 Å². The Morgan fingerprint density at radius 3 is 2.48 bits per heavy atom. The number of nitrogens with zero attached hydrogens (tertiary/aromatic N) is 1. The lowest BCUT2D eigenvalue weighted by molar-refractivity contribution is -0.112. The number of rotatable bonds is 3. The van der Waals surface area contributed by atoms with Gasteiger partial charge in [0.15, 0.2) is 0 Å². The number of carbonyl (C=O) groups is 1. The fraction of sp³-hybridized carbons (Fsp3) is 0.125. The molecular weight excluding hydrogens is 304 g/mol. The van der Waals surface area contributed by atoms with Crippen molar-refractivity contribution in [1.82, 2.24) is 0 Å². The highest BCUT2D eigenvalue weighted by Crippen LogP contribution is 2.24. The molecule has 0 aliphatic carbocycles. The van der Waals surface area contributed by atoms with Crippen LogP contribution in [0.5, 0.6) is 0 Å². The first-order chi connectivity index (χ1) is 9.97. The lowest BCUT2D eigenvalue weighted by Gasteiger charge is -2.06. The van der Waals surface area contributed by atoms with E-state index in [1.54, 1.807) is 12.1 Å². The van der Waals surface area contributed by atoms with E-state index in [1.165, 1.54) is 17.4 Å². The summed E-state index contributed by atoms with van der Waals surface area (Å²) in [4.78, 5) is 12.9. The van der Waals surface area contributed by atoms with Gasteiger partial charge >= 0.3 is 0 Å². The van der Waals surface area contributed by atoms with Gasteiger partial charge in [-0.25, -0.2) is 0 Å². The van der Waals surface area contributed by atoms with Crippen LogP contribution >= 0.6 is 22.9 Å². The molecule has 2 aromatic rings. The summed E-state index contributed by atoms with van der Waals surface area (Å²) in [5.74, 6) is -0.424. The minimum absolute atomic E-state index is 0.0488. The van der Waals surface area contributed by atoms with Crippen molar-refractivity contribution < 1.29 is 4.79 Å². The van der Waals surface area contributed by atoms with Crippen LogP contribution in [0.3, 0.4) is 0 Å². The van der Waals surface area contributed by atoms with E-state index in [1.807, 2.05) is 38.1 Å². The number of halogens is 1. The smallest absolute Gasteiger partial charge is 0.266 e. The maximum absolute atomic E-state index is 12.1. The predicted octanol–water partition coefficient (Wildman–Crippen LogP) is 4.56. The molecule has 0 atom stereocenters. The first kappa shape index (κ1) is 15.3. The van der Waals surface area contributed by atoms with E-state index in [0.29, 0.717) is 10.0 Å². The number of benzene rings is 1. The molecule has 3 nitrogen and oxygen atoms in total. The van der Waals surface area contributed by atoms with Gasteiger partial charge in [-0.1, -0.05) is 17.7 Å². The molecule has 1 heterocycles. The lowest BCUT2D eigenvalue weighted by atomic mass is 10.1. The van der Waals surface area contributed by atoms with Gasteiger partial charge < -0.3 is 5.32 Å². The van der Waals surface area contributed by atoms with Crippen molar-refractivity contribution in [2.45, 2.75) is 13.8 Å². The van der Waals surface area contributed by atoms with Crippen LogP contribution in [0.15, 0.2) is 35.9 Å². The number of carbonyl (C=O) groups excluding carboxylic acids is 1. The number of nitrogens with one attached hydrogen (secondary N) is 1. The van der Waals surface area contributed by atoms with Crippen LogP contribution in [0.25, 0.3) is 6.08 Å². The van der Waals surface area contributed by atoms with Gasteiger partial charge in [0.1, 0.15) is 11.6 Å². The van der Waals surface area contributed by atoms with Crippen molar-refractivity contribution in [3.63, 3.8) is 0 Å². The van der Waals surface area contributed by atoms with Gasteiger partial charge in [0, 0.05) is 10.6 Å². The van der Waals surface area contributed by atoms with Gasteiger partial charge in [-0.2, -0.15) is 5.26 Å². The second kappa shape index (κ2) is 6.57. The minimum atomic E-state index is -0.424. The third-order valence-corrected chi connectivity index (χ3v) is 3.90. The Hall–Kier alpha value is -2.09. The molecule has 0 spiro atoms. The van der Waals surface area contributed by atoms with Crippen LogP contribution in [0.2, 0.25) is 4.34 Å². The molecule has 0 unspecified atom stereocenters. The zero-order valence-corrected chi connectivity index (χ0v) is 13.2. The molecule has 1 aromatic heterocycles. The van der Waals surface area contributed by atoms with Crippen LogP contribution in [-0.4, -0.2) is 5.91 Å². The molecule has 0 fully saturated rings. The molecule has 106 valence electrons. The first-order valence-corrected chi connectivity index (χ1v) is 7.44. The largest absolute Gasteiger partial charge is 0.321 e. The molecule has 0 saturated heterocycles. The molecular formula is C16H13ClN2OS. The second-order valence-corrected chi connectivity index (χ2v) is 6.39. The molecule has 1 amide bonds. The Bertz CT molecular complexity index is 736. The molecule has 1 N–H and O–H groups in total. The Morgan fingerprint density at radius 2 is 1.95 bits per heavy atom. The Morgan fingerprint density at radius 1 is 1.29 bits per heavy atom. The van der Waals surface area contributed by atoms with Crippen LogP contribution < -0.4 is 5.32 Å². The number of hydrogen-bond donors (Lipinski definition) is 1. The van der Waals surface area contributed by atoms with Gasteiger partial charge in [-0.15, -0.1) is 11.3 Å². The summed E-state index contributed by atoms with van der Waals surface area (Å²) in [6.45, 7) is 3.91. The average Bonchev–Trinajstić information content (AvgIpc) is 2.80. The fourth-order valence-corrected chi connectivity index (χ4v) is 2.95. The number of aryl methyl sites for hydroxylation is 2. The first-order valence-electron chi connectivity index (χ1n) is 6.25. The summed E-state index contributed by atoms with van der Waals surface area (Å²) >= 11 is 7.15. The lowest BCUT2D eigenvalue weighted by Crippen LogP contribution is -2.13. The Kier molecular flexibility index (Phi) is 4.79. The topological polar surface area (TPSA) is 52.9 Å². The van der Waals surface area contributed by atoms with Crippen LogP contribution in [0.4, 0.5) is 5.69 Å². The van der Waals surface area contributed by atoms with Crippen LogP contribution in [-0.2, 0) is 4.79 Å². The third kappa shape index (κ3) is 4.19. The molecule has 0 radical (unpaired) electrons. The third-order valence-electron chi connectivity index (χ3n) is 2.73. The summed E-state index contributed by atoms with van der Waals surface area (Å²) in [6.07, 6.45) is 1.54. The van der Waals surface area contributed by atoms with Gasteiger partial charge in [-0.3, -0.25) is 4.79 Å². The maximum Gasteiger partial charge on any atom is 0.266 e. The van der Waals surface area contributed by atoms with E-state index in [9.17, 15) is 4.79 Å². The van der Waals surface area contributed by atoms with Crippen LogP contribution in [0, 0.1) is 25.2 Å². The standard InChI is InChI=1S/C16H13ClN2OS/c1-10-5-11(2)7-13(6-10)19-16(20)12(9-18)8-14-3-4-15(17)21-14/h3-8H,1-2H3,(H,19,20)/b12-8-. The molecule has 0 aliphatic heterocycles. The highest BCUT2D eigenvalue weighted by atomic mass is 35.5. The second-order valence-electron chi connectivity index (χ2n) is 4.64. The monoisotopic (exact) mass is 316 g/mol. The number of anilines is 1. The molecule has 1 aromatic carbocycles. The maximum atomic E-state index is 12.1. The van der Waals surface area contributed by atoms with E-state index < -0.39 is 5.91 Å².